The molecule has 2 nitrogen and oxygen atoms in total. The summed E-state index contributed by atoms with van der Waals surface area (Å²) >= 11 is 0. The highest BCUT2D eigenvalue weighted by Crippen LogP contribution is 2.12. The summed E-state index contributed by atoms with van der Waals surface area (Å²) in [5.74, 6) is 0. The van der Waals surface area contributed by atoms with Gasteiger partial charge in [-0.2, -0.15) is 0 Å². The smallest absolute Gasteiger partial charge is 0.0681 e. The van der Waals surface area contributed by atoms with Gasteiger partial charge < -0.3 is 5.11 Å². The van der Waals surface area contributed by atoms with Crippen LogP contribution in [0.3, 0.4) is 0 Å². The summed E-state index contributed by atoms with van der Waals surface area (Å²) in [6.45, 7) is 3.68. The van der Waals surface area contributed by atoms with E-state index in [0.717, 1.165) is 12.1 Å². The monoisotopic (exact) mass is 177 g/mol. The average molecular weight is 177 g/mol. The van der Waals surface area contributed by atoms with E-state index in [1.165, 1.54) is 25.1 Å². The van der Waals surface area contributed by atoms with Crippen molar-refractivity contribution in [1.82, 2.24) is 4.90 Å². The molecule has 0 saturated carbocycles. The molecule has 1 aliphatic rings. The van der Waals surface area contributed by atoms with Crippen molar-refractivity contribution >= 4 is 0 Å². The predicted molar refractivity (Wildman–Crippen MR) is 52.3 cm³/mol. The van der Waals surface area contributed by atoms with Crippen LogP contribution in [0.4, 0.5) is 0 Å². The van der Waals surface area contributed by atoms with Crippen molar-refractivity contribution in [2.45, 2.75) is 19.6 Å². The summed E-state index contributed by atoms with van der Waals surface area (Å²) in [5.41, 5.74) is 2.34. The van der Waals surface area contributed by atoms with Crippen molar-refractivity contribution in [3.05, 3.63) is 35.4 Å². The lowest BCUT2D eigenvalue weighted by molar-refractivity contribution is 0.172. The van der Waals surface area contributed by atoms with Gasteiger partial charge >= 0.3 is 0 Å². The molecular formula is C11H15NO. The van der Waals surface area contributed by atoms with Gasteiger partial charge in [0, 0.05) is 6.54 Å². The third kappa shape index (κ3) is 2.08. The Kier molecular flexibility index (Phi) is 2.62. The van der Waals surface area contributed by atoms with Crippen LogP contribution in [0.5, 0.6) is 0 Å². The van der Waals surface area contributed by atoms with Crippen molar-refractivity contribution in [3.8, 4) is 0 Å². The van der Waals surface area contributed by atoms with Gasteiger partial charge in [0.2, 0.25) is 0 Å². The number of hydrogen-bond acceptors (Lipinski definition) is 2. The Balaban J connectivity index is 1.96. The molecule has 2 heteroatoms. The Morgan fingerprint density at radius 2 is 1.69 bits per heavy atom. The topological polar surface area (TPSA) is 23.5 Å². The van der Waals surface area contributed by atoms with Crippen LogP contribution >= 0.6 is 0 Å². The fraction of sp³-hybridized carbons (Fsp3) is 0.455. The van der Waals surface area contributed by atoms with E-state index in [4.69, 9.17) is 5.11 Å². The number of hydrogen-bond donors (Lipinski definition) is 1. The molecule has 2 rings (SSSR count). The van der Waals surface area contributed by atoms with Gasteiger partial charge in [-0.05, 0) is 30.6 Å². The number of benzene rings is 1. The Labute approximate surface area is 78.8 Å². The minimum Gasteiger partial charge on any atom is -0.392 e. The molecule has 0 radical (unpaired) electrons. The maximum atomic E-state index is 8.86. The molecule has 13 heavy (non-hydrogen) atoms. The molecule has 0 amide bonds. The highest BCUT2D eigenvalue weighted by Gasteiger charge is 2.13. The Bertz CT molecular complexity index is 264. The summed E-state index contributed by atoms with van der Waals surface area (Å²) in [6.07, 6.45) is 1.34. The lowest BCUT2D eigenvalue weighted by atomic mass is 10.1. The van der Waals surface area contributed by atoms with Crippen LogP contribution in [0.15, 0.2) is 24.3 Å². The van der Waals surface area contributed by atoms with E-state index in [2.05, 4.69) is 17.0 Å². The normalized spacial score (nSPS) is 17.0. The molecule has 70 valence electrons. The second-order valence-corrected chi connectivity index (χ2v) is 3.60. The Hall–Kier alpha value is -0.860. The van der Waals surface area contributed by atoms with Gasteiger partial charge in [-0.3, -0.25) is 4.90 Å². The van der Waals surface area contributed by atoms with E-state index in [9.17, 15) is 0 Å². The van der Waals surface area contributed by atoms with Gasteiger partial charge in [-0.1, -0.05) is 24.3 Å². The van der Waals surface area contributed by atoms with Crippen LogP contribution in [0.25, 0.3) is 0 Å². The minimum absolute atomic E-state index is 0.143. The molecule has 1 saturated heterocycles. The van der Waals surface area contributed by atoms with Crippen LogP contribution in [0.2, 0.25) is 0 Å². The Morgan fingerprint density at radius 3 is 2.15 bits per heavy atom. The largest absolute Gasteiger partial charge is 0.392 e. The molecule has 0 atom stereocenters. The van der Waals surface area contributed by atoms with Crippen molar-refractivity contribution in [1.29, 1.82) is 0 Å². The molecule has 0 aromatic heterocycles. The van der Waals surface area contributed by atoms with Crippen LogP contribution in [-0.2, 0) is 13.2 Å². The second kappa shape index (κ2) is 3.90. The number of likely N-dealkylation sites (tertiary alicyclic amines) is 1. The predicted octanol–water partition coefficient (Wildman–Crippen LogP) is 1.38. The van der Waals surface area contributed by atoms with Gasteiger partial charge in [0.05, 0.1) is 6.61 Å². The van der Waals surface area contributed by atoms with Gasteiger partial charge in [0.25, 0.3) is 0 Å². The van der Waals surface area contributed by atoms with E-state index in [1.54, 1.807) is 0 Å². The Morgan fingerprint density at radius 1 is 1.08 bits per heavy atom. The SMILES string of the molecule is OCc1ccc(CN2CCC2)cc1. The minimum atomic E-state index is 0.143. The van der Waals surface area contributed by atoms with E-state index >= 15 is 0 Å². The first-order valence-corrected chi connectivity index (χ1v) is 4.79. The molecule has 1 heterocycles. The quantitative estimate of drug-likeness (QED) is 0.754. The standard InChI is InChI=1S/C11H15NO/c13-9-11-4-2-10(3-5-11)8-12-6-1-7-12/h2-5,13H,1,6-9H2. The average Bonchev–Trinajstić information content (AvgIpc) is 2.12. The van der Waals surface area contributed by atoms with Crippen LogP contribution in [0, 0.1) is 0 Å². The third-order valence-electron chi connectivity index (χ3n) is 2.56. The van der Waals surface area contributed by atoms with Gasteiger partial charge in [0.1, 0.15) is 0 Å². The summed E-state index contributed by atoms with van der Waals surface area (Å²) in [4.78, 5) is 2.42. The lowest BCUT2D eigenvalue weighted by Gasteiger charge is -2.30. The fourth-order valence-corrected chi connectivity index (χ4v) is 1.55. The molecule has 1 aliphatic heterocycles. The molecule has 0 aliphatic carbocycles. The van der Waals surface area contributed by atoms with Crippen LogP contribution in [0.1, 0.15) is 17.5 Å². The summed E-state index contributed by atoms with van der Waals surface area (Å²) in [7, 11) is 0. The van der Waals surface area contributed by atoms with E-state index < -0.39 is 0 Å². The first-order chi connectivity index (χ1) is 6.38. The molecular weight excluding hydrogens is 162 g/mol. The molecule has 0 spiro atoms. The van der Waals surface area contributed by atoms with Crippen molar-refractivity contribution < 1.29 is 5.11 Å². The zero-order chi connectivity index (χ0) is 9.10. The zero-order valence-corrected chi connectivity index (χ0v) is 7.74. The van der Waals surface area contributed by atoms with Crippen LogP contribution < -0.4 is 0 Å². The molecule has 1 fully saturated rings. The number of aliphatic hydroxyl groups is 1. The molecule has 1 aromatic carbocycles. The first kappa shape index (κ1) is 8.73. The van der Waals surface area contributed by atoms with Gasteiger partial charge in [0.15, 0.2) is 0 Å². The molecule has 1 aromatic rings. The van der Waals surface area contributed by atoms with E-state index in [-0.39, 0.29) is 6.61 Å². The molecule has 0 bridgehead atoms. The molecule has 1 N–H and O–H groups in total. The summed E-state index contributed by atoms with van der Waals surface area (Å²) < 4.78 is 0. The molecule has 0 unspecified atom stereocenters. The van der Waals surface area contributed by atoms with Crippen molar-refractivity contribution in [3.63, 3.8) is 0 Å². The number of aliphatic hydroxyl groups excluding tert-OH is 1. The van der Waals surface area contributed by atoms with Gasteiger partial charge in [-0.25, -0.2) is 0 Å². The highest BCUT2D eigenvalue weighted by molar-refractivity contribution is 5.21. The van der Waals surface area contributed by atoms with Crippen LogP contribution in [-0.4, -0.2) is 23.1 Å². The summed E-state index contributed by atoms with van der Waals surface area (Å²) in [6, 6.07) is 8.19. The second-order valence-electron chi connectivity index (χ2n) is 3.60. The zero-order valence-electron chi connectivity index (χ0n) is 7.74. The number of nitrogens with zero attached hydrogens (tertiary/aromatic N) is 1. The van der Waals surface area contributed by atoms with E-state index in [0.29, 0.717) is 0 Å². The third-order valence-corrected chi connectivity index (χ3v) is 2.56. The van der Waals surface area contributed by atoms with Crippen molar-refractivity contribution in [2.75, 3.05) is 13.1 Å². The maximum Gasteiger partial charge on any atom is 0.0681 e. The van der Waals surface area contributed by atoms with Gasteiger partial charge in [-0.15, -0.1) is 0 Å². The number of rotatable bonds is 3. The highest BCUT2D eigenvalue weighted by atomic mass is 16.3. The van der Waals surface area contributed by atoms with Crippen molar-refractivity contribution in [2.24, 2.45) is 0 Å². The first-order valence-electron chi connectivity index (χ1n) is 4.79. The maximum absolute atomic E-state index is 8.86. The summed E-state index contributed by atoms with van der Waals surface area (Å²) in [5, 5.41) is 8.86. The lowest BCUT2D eigenvalue weighted by Crippen LogP contribution is -2.36. The fourth-order valence-electron chi connectivity index (χ4n) is 1.55. The van der Waals surface area contributed by atoms with E-state index in [1.807, 2.05) is 12.1 Å².